The van der Waals surface area contributed by atoms with Crippen LogP contribution in [0.3, 0.4) is 0 Å². The Bertz CT molecular complexity index is 639. The van der Waals surface area contributed by atoms with Gasteiger partial charge in [0.25, 0.3) is 0 Å². The van der Waals surface area contributed by atoms with Gasteiger partial charge in [-0.1, -0.05) is 12.1 Å². The summed E-state index contributed by atoms with van der Waals surface area (Å²) < 4.78 is 38.9. The average Bonchev–Trinajstić information content (AvgIpc) is 2.86. The number of nitrogens with zero attached hydrogens (tertiary/aromatic N) is 4. The van der Waals surface area contributed by atoms with Crippen molar-refractivity contribution >= 4 is 5.97 Å². The maximum atomic E-state index is 12.6. The highest BCUT2D eigenvalue weighted by atomic mass is 19.4. The molecule has 0 radical (unpaired) electrons. The number of carboxylic acids is 1. The van der Waals surface area contributed by atoms with E-state index in [1.54, 1.807) is 0 Å². The number of carboxylic acid groups (broad SMARTS) is 1. The van der Waals surface area contributed by atoms with E-state index in [4.69, 9.17) is 5.11 Å². The molecule has 20 heavy (non-hydrogen) atoms. The topological polar surface area (TPSA) is 80.9 Å². The van der Waals surface area contributed by atoms with Crippen LogP contribution in [0.15, 0.2) is 24.3 Å². The highest BCUT2D eigenvalue weighted by molar-refractivity contribution is 5.72. The average molecular weight is 286 g/mol. The van der Waals surface area contributed by atoms with Crippen molar-refractivity contribution in [3.63, 3.8) is 0 Å². The van der Waals surface area contributed by atoms with Gasteiger partial charge >= 0.3 is 12.1 Å². The van der Waals surface area contributed by atoms with Crippen molar-refractivity contribution in [3.05, 3.63) is 29.8 Å². The molecule has 6 nitrogen and oxygen atoms in total. The summed E-state index contributed by atoms with van der Waals surface area (Å²) in [7, 11) is 0. The molecule has 0 saturated heterocycles. The van der Waals surface area contributed by atoms with Crippen LogP contribution in [0.25, 0.3) is 11.4 Å². The minimum atomic E-state index is -4.49. The summed E-state index contributed by atoms with van der Waals surface area (Å²) in [5.41, 5.74) is -0.759. The molecule has 0 saturated carbocycles. The smallest absolute Gasteiger partial charge is 0.416 e. The summed E-state index contributed by atoms with van der Waals surface area (Å²) in [4.78, 5) is 10.9. The summed E-state index contributed by atoms with van der Waals surface area (Å²) in [6.45, 7) is 1.33. The van der Waals surface area contributed by atoms with Crippen molar-refractivity contribution in [2.75, 3.05) is 0 Å². The lowest BCUT2D eigenvalue weighted by Crippen LogP contribution is -2.18. The first kappa shape index (κ1) is 14.0. The molecule has 1 heterocycles. The number of hydrogen-bond donors (Lipinski definition) is 1. The number of benzene rings is 1. The van der Waals surface area contributed by atoms with Gasteiger partial charge in [-0.15, -0.1) is 5.10 Å². The molecule has 0 aliphatic carbocycles. The fourth-order valence-electron chi connectivity index (χ4n) is 1.58. The zero-order chi connectivity index (χ0) is 14.9. The Hall–Kier alpha value is -2.45. The Kier molecular flexibility index (Phi) is 3.43. The standard InChI is InChI=1S/C11H9F3N4O2/c1-6(10(19)20)18-9(15-16-17-18)7-3-2-4-8(5-7)11(12,13)14/h2-6H,1H3,(H,19,20). The Morgan fingerprint density at radius 2 is 2.10 bits per heavy atom. The third kappa shape index (κ3) is 2.60. The Labute approximate surface area is 110 Å². The highest BCUT2D eigenvalue weighted by Crippen LogP contribution is 2.31. The minimum Gasteiger partial charge on any atom is -0.480 e. The third-order valence-electron chi connectivity index (χ3n) is 2.67. The second kappa shape index (κ2) is 4.91. The van der Waals surface area contributed by atoms with Crippen molar-refractivity contribution in [3.8, 4) is 11.4 Å². The van der Waals surface area contributed by atoms with E-state index in [1.807, 2.05) is 0 Å². The molecule has 0 aliphatic heterocycles. The summed E-state index contributed by atoms with van der Waals surface area (Å²) >= 11 is 0. The van der Waals surface area contributed by atoms with Gasteiger partial charge in [0, 0.05) is 5.56 Å². The van der Waals surface area contributed by atoms with E-state index >= 15 is 0 Å². The zero-order valence-corrected chi connectivity index (χ0v) is 10.2. The van der Waals surface area contributed by atoms with Crippen molar-refractivity contribution < 1.29 is 23.1 Å². The van der Waals surface area contributed by atoms with Gasteiger partial charge in [0.15, 0.2) is 11.9 Å². The SMILES string of the molecule is CC(C(=O)O)n1nnnc1-c1cccc(C(F)(F)F)c1. The molecule has 0 spiro atoms. The summed E-state index contributed by atoms with van der Waals surface area (Å²) in [5.74, 6) is -1.23. The lowest BCUT2D eigenvalue weighted by atomic mass is 10.1. The Morgan fingerprint density at radius 3 is 2.70 bits per heavy atom. The van der Waals surface area contributed by atoms with E-state index in [-0.39, 0.29) is 11.4 Å². The summed E-state index contributed by atoms with van der Waals surface area (Å²) in [6.07, 6.45) is -4.49. The maximum Gasteiger partial charge on any atom is 0.416 e. The predicted molar refractivity (Wildman–Crippen MR) is 60.6 cm³/mol. The van der Waals surface area contributed by atoms with Crippen LogP contribution in [0.1, 0.15) is 18.5 Å². The van der Waals surface area contributed by atoms with Gasteiger partial charge in [-0.2, -0.15) is 13.2 Å². The summed E-state index contributed by atoms with van der Waals surface area (Å²) in [6, 6.07) is 3.29. The quantitative estimate of drug-likeness (QED) is 0.933. The molecule has 1 aromatic carbocycles. The largest absolute Gasteiger partial charge is 0.480 e. The van der Waals surface area contributed by atoms with E-state index < -0.39 is 23.8 Å². The number of carbonyl (C=O) groups is 1. The number of aromatic nitrogens is 4. The third-order valence-corrected chi connectivity index (χ3v) is 2.67. The number of rotatable bonds is 3. The van der Waals surface area contributed by atoms with Crippen LogP contribution in [0, 0.1) is 0 Å². The highest BCUT2D eigenvalue weighted by Gasteiger charge is 2.31. The maximum absolute atomic E-state index is 12.6. The van der Waals surface area contributed by atoms with Crippen LogP contribution in [0.2, 0.25) is 0 Å². The van der Waals surface area contributed by atoms with Crippen LogP contribution < -0.4 is 0 Å². The minimum absolute atomic E-state index is 0.0361. The fourth-order valence-corrected chi connectivity index (χ4v) is 1.58. The van der Waals surface area contributed by atoms with Crippen molar-refractivity contribution in [2.45, 2.75) is 19.1 Å². The molecule has 1 aromatic heterocycles. The van der Waals surface area contributed by atoms with Gasteiger partial charge < -0.3 is 5.11 Å². The van der Waals surface area contributed by atoms with E-state index in [9.17, 15) is 18.0 Å². The molecule has 1 N–H and O–H groups in total. The first-order valence-electron chi connectivity index (χ1n) is 5.49. The molecular weight excluding hydrogens is 277 g/mol. The van der Waals surface area contributed by atoms with Crippen LogP contribution in [0.4, 0.5) is 13.2 Å². The van der Waals surface area contributed by atoms with E-state index in [2.05, 4.69) is 15.5 Å². The molecule has 1 unspecified atom stereocenters. The lowest BCUT2D eigenvalue weighted by Gasteiger charge is -2.10. The monoisotopic (exact) mass is 286 g/mol. The van der Waals surface area contributed by atoms with Crippen LogP contribution in [-0.4, -0.2) is 31.3 Å². The molecule has 1 atom stereocenters. The number of hydrogen-bond acceptors (Lipinski definition) is 4. The Morgan fingerprint density at radius 1 is 1.40 bits per heavy atom. The molecule has 106 valence electrons. The van der Waals surface area contributed by atoms with E-state index in [1.165, 1.54) is 19.1 Å². The van der Waals surface area contributed by atoms with Crippen LogP contribution >= 0.6 is 0 Å². The predicted octanol–water partition coefficient (Wildman–Crippen LogP) is 2.00. The first-order chi connectivity index (χ1) is 9.30. The molecule has 9 heteroatoms. The molecule has 0 bridgehead atoms. The fraction of sp³-hybridized carbons (Fsp3) is 0.273. The van der Waals surface area contributed by atoms with Gasteiger partial charge in [0.2, 0.25) is 0 Å². The molecule has 0 amide bonds. The number of tetrazole rings is 1. The normalized spacial score (nSPS) is 13.2. The number of alkyl halides is 3. The molecule has 2 aromatic rings. The zero-order valence-electron chi connectivity index (χ0n) is 10.2. The van der Waals surface area contributed by atoms with Gasteiger partial charge in [0.1, 0.15) is 0 Å². The second-order valence-electron chi connectivity index (χ2n) is 4.04. The second-order valence-corrected chi connectivity index (χ2v) is 4.04. The van der Waals surface area contributed by atoms with Crippen LogP contribution in [0.5, 0.6) is 0 Å². The molecule has 0 aliphatic rings. The van der Waals surface area contributed by atoms with Gasteiger partial charge in [0.05, 0.1) is 5.56 Å². The van der Waals surface area contributed by atoms with E-state index in [0.717, 1.165) is 16.8 Å². The number of aliphatic carboxylic acids is 1. The van der Waals surface area contributed by atoms with Gasteiger partial charge in [-0.05, 0) is 29.5 Å². The van der Waals surface area contributed by atoms with Crippen molar-refractivity contribution in [1.29, 1.82) is 0 Å². The molecular formula is C11H9F3N4O2. The Balaban J connectivity index is 2.48. The lowest BCUT2D eigenvalue weighted by molar-refractivity contribution is -0.140. The first-order valence-corrected chi connectivity index (χ1v) is 5.49. The van der Waals surface area contributed by atoms with Crippen molar-refractivity contribution in [2.24, 2.45) is 0 Å². The summed E-state index contributed by atoms with van der Waals surface area (Å²) in [5, 5.41) is 19.3. The van der Waals surface area contributed by atoms with Gasteiger partial charge in [-0.3, -0.25) is 0 Å². The van der Waals surface area contributed by atoms with Crippen molar-refractivity contribution in [1.82, 2.24) is 20.2 Å². The van der Waals surface area contributed by atoms with Crippen LogP contribution in [-0.2, 0) is 11.0 Å². The molecule has 0 fully saturated rings. The van der Waals surface area contributed by atoms with E-state index in [0.29, 0.717) is 0 Å². The number of halogens is 3. The molecule has 2 rings (SSSR count). The van der Waals surface area contributed by atoms with Gasteiger partial charge in [-0.25, -0.2) is 9.48 Å².